The molecule has 3 rings (SSSR count). The van der Waals surface area contributed by atoms with Crippen LogP contribution in [-0.4, -0.2) is 45.2 Å². The standard InChI is InChI=1S/C18H17N5O6/c1-23-13(22-16(26)9-6-20-18(19)21-7-9)5-11-10(17(23)27)3-4-12(15(11)28-2)29-8-14(24)25/h3-7H,8H2,1-2H3,(H,22,26)(H,24,25)(H2,19,20,21). The molecule has 29 heavy (non-hydrogen) atoms. The Hall–Kier alpha value is -4.15. The molecule has 0 radical (unpaired) electrons. The lowest BCUT2D eigenvalue weighted by Gasteiger charge is -2.15. The van der Waals surface area contributed by atoms with E-state index >= 15 is 0 Å². The molecule has 0 atom stereocenters. The number of anilines is 2. The van der Waals surface area contributed by atoms with Crippen LogP contribution in [0.25, 0.3) is 10.8 Å². The smallest absolute Gasteiger partial charge is 0.341 e. The van der Waals surface area contributed by atoms with Crippen LogP contribution >= 0.6 is 0 Å². The molecular weight excluding hydrogens is 382 g/mol. The summed E-state index contributed by atoms with van der Waals surface area (Å²) in [5.41, 5.74) is 5.17. The number of carbonyl (C=O) groups excluding carboxylic acids is 1. The normalized spacial score (nSPS) is 10.6. The quantitative estimate of drug-likeness (QED) is 0.540. The van der Waals surface area contributed by atoms with Crippen LogP contribution in [0.3, 0.4) is 0 Å². The minimum atomic E-state index is -1.16. The van der Waals surface area contributed by atoms with Gasteiger partial charge in [-0.25, -0.2) is 14.8 Å². The molecule has 2 heterocycles. The number of amides is 1. The number of aromatic nitrogens is 3. The number of hydrogen-bond acceptors (Lipinski definition) is 8. The van der Waals surface area contributed by atoms with Gasteiger partial charge in [0.15, 0.2) is 18.1 Å². The van der Waals surface area contributed by atoms with Crippen LogP contribution in [0.4, 0.5) is 11.8 Å². The monoisotopic (exact) mass is 399 g/mol. The second-order valence-electron chi connectivity index (χ2n) is 5.92. The number of hydrogen-bond donors (Lipinski definition) is 3. The van der Waals surface area contributed by atoms with Crippen LogP contribution in [0.1, 0.15) is 10.4 Å². The SMILES string of the molecule is COc1c(OCC(=O)O)ccc2c(=O)n(C)c(NC(=O)c3cnc(N)nc3)cc12. The number of nitrogens with two attached hydrogens (primary N) is 1. The van der Waals surface area contributed by atoms with E-state index in [1.54, 1.807) is 0 Å². The van der Waals surface area contributed by atoms with Crippen molar-refractivity contribution >= 4 is 34.4 Å². The van der Waals surface area contributed by atoms with Gasteiger partial charge in [-0.15, -0.1) is 0 Å². The zero-order valence-corrected chi connectivity index (χ0v) is 15.5. The lowest BCUT2D eigenvalue weighted by Crippen LogP contribution is -2.24. The zero-order chi connectivity index (χ0) is 21.1. The average molecular weight is 399 g/mol. The highest BCUT2D eigenvalue weighted by molar-refractivity contribution is 6.04. The summed E-state index contributed by atoms with van der Waals surface area (Å²) in [6.07, 6.45) is 2.52. The highest BCUT2D eigenvalue weighted by Gasteiger charge is 2.17. The maximum absolute atomic E-state index is 12.7. The Kier molecular flexibility index (Phi) is 5.30. The maximum Gasteiger partial charge on any atom is 0.341 e. The molecule has 0 fully saturated rings. The van der Waals surface area contributed by atoms with Crippen molar-refractivity contribution in [3.05, 3.63) is 46.5 Å². The number of nitrogen functional groups attached to an aromatic ring is 1. The molecule has 0 spiro atoms. The Labute approximate surface area is 163 Å². The van der Waals surface area contributed by atoms with Crippen LogP contribution in [0, 0.1) is 0 Å². The zero-order valence-electron chi connectivity index (χ0n) is 15.5. The molecule has 11 nitrogen and oxygen atoms in total. The highest BCUT2D eigenvalue weighted by atomic mass is 16.5. The number of benzene rings is 1. The molecule has 0 aliphatic heterocycles. The Bertz CT molecular complexity index is 1160. The third-order valence-electron chi connectivity index (χ3n) is 4.07. The van der Waals surface area contributed by atoms with E-state index < -0.39 is 24.0 Å². The van der Waals surface area contributed by atoms with Gasteiger partial charge < -0.3 is 25.6 Å². The minimum Gasteiger partial charge on any atom is -0.492 e. The first-order valence-electron chi connectivity index (χ1n) is 8.26. The third kappa shape index (κ3) is 3.93. The molecule has 2 aromatic heterocycles. The highest BCUT2D eigenvalue weighted by Crippen LogP contribution is 2.35. The topological polar surface area (TPSA) is 159 Å². The van der Waals surface area contributed by atoms with Crippen LogP contribution in [0.5, 0.6) is 11.5 Å². The molecule has 0 aliphatic carbocycles. The summed E-state index contributed by atoms with van der Waals surface area (Å²) in [5, 5.41) is 12.1. The summed E-state index contributed by atoms with van der Waals surface area (Å²) in [7, 11) is 2.86. The summed E-state index contributed by atoms with van der Waals surface area (Å²) in [6.45, 7) is -0.576. The molecule has 150 valence electrons. The van der Waals surface area contributed by atoms with Crippen LogP contribution in [0.15, 0.2) is 35.4 Å². The van der Waals surface area contributed by atoms with Gasteiger partial charge in [0, 0.05) is 24.8 Å². The number of nitrogens with zero attached hydrogens (tertiary/aromatic N) is 3. The molecule has 0 saturated carbocycles. The van der Waals surface area contributed by atoms with E-state index in [1.807, 2.05) is 0 Å². The number of ether oxygens (including phenoxy) is 2. The van der Waals surface area contributed by atoms with Crippen molar-refractivity contribution in [1.82, 2.24) is 14.5 Å². The third-order valence-corrected chi connectivity index (χ3v) is 4.07. The van der Waals surface area contributed by atoms with Gasteiger partial charge in [-0.2, -0.15) is 0 Å². The predicted octanol–water partition coefficient (Wildman–Crippen LogP) is 0.635. The van der Waals surface area contributed by atoms with Gasteiger partial charge in [0.1, 0.15) is 5.82 Å². The Morgan fingerprint density at radius 2 is 1.93 bits per heavy atom. The Morgan fingerprint density at radius 3 is 2.55 bits per heavy atom. The van der Waals surface area contributed by atoms with Gasteiger partial charge in [0.05, 0.1) is 18.1 Å². The van der Waals surface area contributed by atoms with Crippen molar-refractivity contribution in [2.75, 3.05) is 24.8 Å². The van der Waals surface area contributed by atoms with E-state index in [4.69, 9.17) is 20.3 Å². The first kappa shape index (κ1) is 19.6. The lowest BCUT2D eigenvalue weighted by atomic mass is 10.1. The Balaban J connectivity index is 2.06. The number of fused-ring (bicyclic) bond motifs is 1. The fourth-order valence-corrected chi connectivity index (χ4v) is 2.66. The van der Waals surface area contributed by atoms with Crippen LogP contribution in [0.2, 0.25) is 0 Å². The Morgan fingerprint density at radius 1 is 1.24 bits per heavy atom. The number of aliphatic carboxylic acids is 1. The summed E-state index contributed by atoms with van der Waals surface area (Å²) >= 11 is 0. The van der Waals surface area contributed by atoms with Crippen molar-refractivity contribution in [2.45, 2.75) is 0 Å². The molecule has 0 saturated heterocycles. The summed E-state index contributed by atoms with van der Waals surface area (Å²) in [6, 6.07) is 4.48. The number of carboxylic acids is 1. The van der Waals surface area contributed by atoms with E-state index in [-0.39, 0.29) is 28.8 Å². The van der Waals surface area contributed by atoms with Gasteiger partial charge >= 0.3 is 5.97 Å². The molecule has 1 aromatic carbocycles. The minimum absolute atomic E-state index is 0.0262. The van der Waals surface area contributed by atoms with Gasteiger partial charge in [0.2, 0.25) is 5.95 Å². The number of carbonyl (C=O) groups is 2. The average Bonchev–Trinajstić information content (AvgIpc) is 2.70. The largest absolute Gasteiger partial charge is 0.492 e. The van der Waals surface area contributed by atoms with E-state index in [0.29, 0.717) is 10.8 Å². The second-order valence-corrected chi connectivity index (χ2v) is 5.92. The molecular formula is C18H17N5O6. The van der Waals surface area contributed by atoms with Crippen molar-refractivity contribution in [1.29, 1.82) is 0 Å². The summed E-state index contributed by atoms with van der Waals surface area (Å²) in [4.78, 5) is 43.5. The fraction of sp³-hybridized carbons (Fsp3) is 0.167. The van der Waals surface area contributed by atoms with Crippen molar-refractivity contribution in [2.24, 2.45) is 7.05 Å². The number of pyridine rings is 1. The molecule has 4 N–H and O–H groups in total. The van der Waals surface area contributed by atoms with E-state index in [0.717, 1.165) is 0 Å². The van der Waals surface area contributed by atoms with Crippen LogP contribution < -0.4 is 26.1 Å². The first-order valence-corrected chi connectivity index (χ1v) is 8.26. The number of methoxy groups -OCH3 is 1. The van der Waals surface area contributed by atoms with Crippen molar-refractivity contribution in [3.8, 4) is 11.5 Å². The first-order chi connectivity index (χ1) is 13.8. The molecule has 0 unspecified atom stereocenters. The van der Waals surface area contributed by atoms with Gasteiger partial charge in [-0.3, -0.25) is 14.2 Å². The van der Waals surface area contributed by atoms with Crippen molar-refractivity contribution < 1.29 is 24.2 Å². The number of rotatable bonds is 6. The molecule has 11 heteroatoms. The number of nitrogens with one attached hydrogen (secondary N) is 1. The van der Waals surface area contributed by atoms with E-state index in [2.05, 4.69) is 15.3 Å². The van der Waals surface area contributed by atoms with E-state index in [1.165, 1.54) is 49.3 Å². The predicted molar refractivity (Wildman–Crippen MR) is 103 cm³/mol. The van der Waals surface area contributed by atoms with Crippen LogP contribution in [-0.2, 0) is 11.8 Å². The van der Waals surface area contributed by atoms with Crippen molar-refractivity contribution in [3.63, 3.8) is 0 Å². The maximum atomic E-state index is 12.7. The lowest BCUT2D eigenvalue weighted by molar-refractivity contribution is -0.139. The summed E-state index contributed by atoms with van der Waals surface area (Å²) < 4.78 is 11.8. The molecule has 3 aromatic rings. The number of carboxylic acid groups (broad SMARTS) is 1. The molecule has 0 bridgehead atoms. The van der Waals surface area contributed by atoms with E-state index in [9.17, 15) is 14.4 Å². The van der Waals surface area contributed by atoms with Gasteiger partial charge in [0.25, 0.3) is 11.5 Å². The summed E-state index contributed by atoms with van der Waals surface area (Å²) in [5.74, 6) is -1.17. The fourth-order valence-electron chi connectivity index (χ4n) is 2.66. The molecule has 0 aliphatic rings. The van der Waals surface area contributed by atoms with Gasteiger partial charge in [-0.05, 0) is 18.2 Å². The molecule has 1 amide bonds. The van der Waals surface area contributed by atoms with Gasteiger partial charge in [-0.1, -0.05) is 0 Å². The second kappa shape index (κ2) is 7.84.